The minimum atomic E-state index is -0.288. The van der Waals surface area contributed by atoms with E-state index in [-0.39, 0.29) is 11.7 Å². The molecule has 0 unspecified atom stereocenters. The van der Waals surface area contributed by atoms with E-state index in [4.69, 9.17) is 9.15 Å². The van der Waals surface area contributed by atoms with Gasteiger partial charge in [-0.1, -0.05) is 12.1 Å². The van der Waals surface area contributed by atoms with Gasteiger partial charge in [0.2, 0.25) is 0 Å². The number of para-hydroxylation sites is 1. The Balaban J connectivity index is 1.37. The van der Waals surface area contributed by atoms with Crippen LogP contribution in [0, 0.1) is 13.8 Å². The number of hydrogen-bond acceptors (Lipinski definition) is 7. The minimum Gasteiger partial charge on any atom is -0.493 e. The Kier molecular flexibility index (Phi) is 5.34. The number of anilines is 1. The second-order valence-electron chi connectivity index (χ2n) is 6.68. The molecule has 0 saturated heterocycles. The van der Waals surface area contributed by atoms with Gasteiger partial charge in [0.05, 0.1) is 7.11 Å². The van der Waals surface area contributed by atoms with Crippen molar-refractivity contribution in [2.24, 2.45) is 0 Å². The van der Waals surface area contributed by atoms with Crippen molar-refractivity contribution in [3.63, 3.8) is 0 Å². The van der Waals surface area contributed by atoms with E-state index in [9.17, 15) is 4.79 Å². The number of benzene rings is 1. The maximum absolute atomic E-state index is 12.4. The van der Waals surface area contributed by atoms with Crippen LogP contribution in [0.25, 0.3) is 16.8 Å². The standard InChI is InChI=1S/C21H22N6O3/c1-13-25-18(12-19(26-13)27-10-9-22-14(27)2)23-7-8-24-21(28)17-11-15-5-4-6-16(29-3)20(15)30-17/h4-6,9-12H,7-8H2,1-3H3,(H,24,28)(H,23,25,26). The number of nitrogens with one attached hydrogen (secondary N) is 2. The average molecular weight is 406 g/mol. The third-order valence-corrected chi connectivity index (χ3v) is 4.57. The first kappa shape index (κ1) is 19.4. The van der Waals surface area contributed by atoms with E-state index in [1.807, 2.05) is 42.8 Å². The lowest BCUT2D eigenvalue weighted by molar-refractivity contribution is 0.0929. The van der Waals surface area contributed by atoms with Crippen LogP contribution < -0.4 is 15.4 Å². The molecule has 154 valence electrons. The molecule has 2 N–H and O–H groups in total. The normalized spacial score (nSPS) is 10.9. The molecule has 0 radical (unpaired) electrons. The number of furan rings is 1. The van der Waals surface area contributed by atoms with E-state index in [2.05, 4.69) is 25.6 Å². The van der Waals surface area contributed by atoms with Crippen molar-refractivity contribution in [1.82, 2.24) is 24.8 Å². The number of carbonyl (C=O) groups is 1. The van der Waals surface area contributed by atoms with Crippen LogP contribution in [0.2, 0.25) is 0 Å². The van der Waals surface area contributed by atoms with E-state index in [1.165, 1.54) is 0 Å². The highest BCUT2D eigenvalue weighted by Crippen LogP contribution is 2.28. The molecule has 0 bridgehead atoms. The van der Waals surface area contributed by atoms with Crippen LogP contribution in [0.3, 0.4) is 0 Å². The Labute approximate surface area is 173 Å². The van der Waals surface area contributed by atoms with Crippen molar-refractivity contribution in [3.8, 4) is 11.6 Å². The van der Waals surface area contributed by atoms with Crippen LogP contribution in [0.1, 0.15) is 22.2 Å². The Bertz CT molecular complexity index is 1200. The van der Waals surface area contributed by atoms with Crippen LogP contribution in [-0.2, 0) is 0 Å². The quantitative estimate of drug-likeness (QED) is 0.455. The summed E-state index contributed by atoms with van der Waals surface area (Å²) in [6, 6.07) is 9.06. The summed E-state index contributed by atoms with van der Waals surface area (Å²) in [5.41, 5.74) is 0.557. The second-order valence-corrected chi connectivity index (χ2v) is 6.68. The van der Waals surface area contributed by atoms with Gasteiger partial charge in [0.15, 0.2) is 17.1 Å². The number of carbonyl (C=O) groups excluding carboxylic acids is 1. The Morgan fingerprint density at radius 3 is 2.83 bits per heavy atom. The van der Waals surface area contributed by atoms with Crippen molar-refractivity contribution < 1.29 is 13.9 Å². The lowest BCUT2D eigenvalue weighted by Gasteiger charge is -2.10. The Morgan fingerprint density at radius 2 is 2.07 bits per heavy atom. The molecule has 0 aliphatic carbocycles. The monoisotopic (exact) mass is 406 g/mol. The molecule has 0 aliphatic heterocycles. The van der Waals surface area contributed by atoms with Crippen molar-refractivity contribution in [2.75, 3.05) is 25.5 Å². The minimum absolute atomic E-state index is 0.241. The fourth-order valence-corrected chi connectivity index (χ4v) is 3.15. The summed E-state index contributed by atoms with van der Waals surface area (Å²) in [5.74, 6) is 3.44. The van der Waals surface area contributed by atoms with Gasteiger partial charge in [-0.15, -0.1) is 0 Å². The molecule has 0 spiro atoms. The zero-order valence-corrected chi connectivity index (χ0v) is 17.0. The number of fused-ring (bicyclic) bond motifs is 1. The van der Waals surface area contributed by atoms with Crippen molar-refractivity contribution in [1.29, 1.82) is 0 Å². The molecule has 0 fully saturated rings. The predicted octanol–water partition coefficient (Wildman–Crippen LogP) is 2.88. The maximum Gasteiger partial charge on any atom is 0.287 e. The number of aromatic nitrogens is 4. The third kappa shape index (κ3) is 3.95. The first-order chi connectivity index (χ1) is 14.5. The summed E-state index contributed by atoms with van der Waals surface area (Å²) >= 11 is 0. The van der Waals surface area contributed by atoms with Gasteiger partial charge in [0.1, 0.15) is 23.3 Å². The number of aryl methyl sites for hydroxylation is 2. The second kappa shape index (κ2) is 8.24. The van der Waals surface area contributed by atoms with Crippen LogP contribution in [0.5, 0.6) is 5.75 Å². The average Bonchev–Trinajstić information content (AvgIpc) is 3.36. The molecule has 9 nitrogen and oxygen atoms in total. The van der Waals surface area contributed by atoms with E-state index in [1.54, 1.807) is 25.4 Å². The van der Waals surface area contributed by atoms with E-state index in [0.29, 0.717) is 36.1 Å². The van der Waals surface area contributed by atoms with Gasteiger partial charge in [-0.25, -0.2) is 15.0 Å². The highest BCUT2D eigenvalue weighted by Gasteiger charge is 2.14. The van der Waals surface area contributed by atoms with E-state index >= 15 is 0 Å². The molecule has 9 heteroatoms. The summed E-state index contributed by atoms with van der Waals surface area (Å²) < 4.78 is 12.8. The smallest absolute Gasteiger partial charge is 0.287 e. The van der Waals surface area contributed by atoms with E-state index in [0.717, 1.165) is 17.0 Å². The topological polar surface area (TPSA) is 107 Å². The SMILES string of the molecule is COc1cccc2cc(C(=O)NCCNc3cc(-n4ccnc4C)nc(C)n3)oc12. The first-order valence-electron chi connectivity index (χ1n) is 9.50. The molecule has 3 heterocycles. The number of rotatable bonds is 7. The number of amides is 1. The highest BCUT2D eigenvalue weighted by atomic mass is 16.5. The van der Waals surface area contributed by atoms with Crippen LogP contribution >= 0.6 is 0 Å². The lowest BCUT2D eigenvalue weighted by Crippen LogP contribution is -2.28. The van der Waals surface area contributed by atoms with Gasteiger partial charge in [-0.05, 0) is 26.0 Å². The first-order valence-corrected chi connectivity index (χ1v) is 9.50. The third-order valence-electron chi connectivity index (χ3n) is 4.57. The summed E-state index contributed by atoms with van der Waals surface area (Å²) in [4.78, 5) is 25.5. The van der Waals surface area contributed by atoms with Crippen LogP contribution in [-0.4, -0.2) is 45.6 Å². The summed E-state index contributed by atoms with van der Waals surface area (Å²) in [6.45, 7) is 4.63. The Hall–Kier alpha value is -3.88. The zero-order chi connectivity index (χ0) is 21.1. The lowest BCUT2D eigenvalue weighted by atomic mass is 10.2. The molecular formula is C21H22N6O3. The number of nitrogens with zero attached hydrogens (tertiary/aromatic N) is 4. The summed E-state index contributed by atoms with van der Waals surface area (Å²) in [5, 5.41) is 6.86. The van der Waals surface area contributed by atoms with Crippen molar-refractivity contribution in [3.05, 3.63) is 60.1 Å². The predicted molar refractivity (Wildman–Crippen MR) is 112 cm³/mol. The number of imidazole rings is 1. The zero-order valence-electron chi connectivity index (χ0n) is 17.0. The molecule has 1 aromatic carbocycles. The molecule has 4 aromatic rings. The number of hydrogen-bond donors (Lipinski definition) is 2. The number of ether oxygens (including phenoxy) is 1. The van der Waals surface area contributed by atoms with Gasteiger partial charge in [-0.2, -0.15) is 0 Å². The fourth-order valence-electron chi connectivity index (χ4n) is 3.15. The van der Waals surface area contributed by atoms with Gasteiger partial charge in [0, 0.05) is 36.9 Å². The van der Waals surface area contributed by atoms with Crippen LogP contribution in [0.4, 0.5) is 5.82 Å². The van der Waals surface area contributed by atoms with E-state index < -0.39 is 0 Å². The van der Waals surface area contributed by atoms with Gasteiger partial charge in [0.25, 0.3) is 5.91 Å². The molecule has 3 aromatic heterocycles. The van der Waals surface area contributed by atoms with Crippen LogP contribution in [0.15, 0.2) is 47.1 Å². The summed E-state index contributed by atoms with van der Waals surface area (Å²) in [6.07, 6.45) is 3.58. The van der Waals surface area contributed by atoms with Gasteiger partial charge in [-0.3, -0.25) is 9.36 Å². The van der Waals surface area contributed by atoms with Gasteiger partial charge >= 0.3 is 0 Å². The fraction of sp³-hybridized carbons (Fsp3) is 0.238. The molecule has 4 rings (SSSR count). The Morgan fingerprint density at radius 1 is 1.20 bits per heavy atom. The van der Waals surface area contributed by atoms with Crippen molar-refractivity contribution in [2.45, 2.75) is 13.8 Å². The van der Waals surface area contributed by atoms with Crippen molar-refractivity contribution >= 4 is 22.7 Å². The largest absolute Gasteiger partial charge is 0.493 e. The molecular weight excluding hydrogens is 384 g/mol. The molecule has 0 atom stereocenters. The molecule has 0 saturated carbocycles. The highest BCUT2D eigenvalue weighted by molar-refractivity contribution is 5.97. The van der Waals surface area contributed by atoms with Gasteiger partial charge < -0.3 is 19.8 Å². The molecule has 30 heavy (non-hydrogen) atoms. The summed E-state index contributed by atoms with van der Waals surface area (Å²) in [7, 11) is 1.57. The maximum atomic E-state index is 12.4. The molecule has 1 amide bonds. The molecule has 0 aliphatic rings. The number of methoxy groups -OCH3 is 1.